The lowest BCUT2D eigenvalue weighted by Crippen LogP contribution is -2.60. The second kappa shape index (κ2) is 4.17. The molecule has 104 valence electrons. The first-order valence-electron chi connectivity index (χ1n) is 4.96. The monoisotopic (exact) mass is 296 g/mol. The normalized spacial score (nSPS) is 22.3. The van der Waals surface area contributed by atoms with Gasteiger partial charge in [-0.15, -0.1) is 0 Å². The summed E-state index contributed by atoms with van der Waals surface area (Å²) in [6, 6.07) is 1.22. The van der Waals surface area contributed by atoms with Gasteiger partial charge in [0, 0.05) is 0 Å². The predicted octanol–water partition coefficient (Wildman–Crippen LogP) is 2.19. The van der Waals surface area contributed by atoms with Gasteiger partial charge in [-0.2, -0.15) is 13.2 Å². The van der Waals surface area contributed by atoms with E-state index in [0.29, 0.717) is 0 Å². The van der Waals surface area contributed by atoms with E-state index in [1.165, 1.54) is 11.4 Å². The number of hydrogen-bond donors (Lipinski definition) is 3. The van der Waals surface area contributed by atoms with Crippen molar-refractivity contribution in [1.82, 2.24) is 5.32 Å². The molecule has 0 saturated heterocycles. The van der Waals surface area contributed by atoms with Gasteiger partial charge in [0.1, 0.15) is 5.75 Å². The van der Waals surface area contributed by atoms with Crippen molar-refractivity contribution in [3.05, 3.63) is 22.7 Å². The largest absolute Gasteiger partial charge is 0.495 e. The zero-order valence-electron chi connectivity index (χ0n) is 9.43. The zero-order chi connectivity index (χ0) is 14.4. The van der Waals surface area contributed by atoms with Gasteiger partial charge in [-0.3, -0.25) is 5.32 Å². The van der Waals surface area contributed by atoms with E-state index in [2.05, 4.69) is 5.32 Å². The maximum Gasteiger partial charge on any atom is 0.441 e. The quantitative estimate of drug-likeness (QED) is 0.744. The van der Waals surface area contributed by atoms with Crippen LogP contribution < -0.4 is 15.4 Å². The molecule has 1 aliphatic rings. The molecule has 2 rings (SSSR count). The van der Waals surface area contributed by atoms with E-state index in [4.69, 9.17) is 16.3 Å². The second-order valence-corrected chi connectivity index (χ2v) is 4.20. The molecule has 0 saturated carbocycles. The summed E-state index contributed by atoms with van der Waals surface area (Å²) < 4.78 is 43.9. The number of ether oxygens (including phenoxy) is 1. The summed E-state index contributed by atoms with van der Waals surface area (Å²) in [5.41, 5.74) is -4.49. The predicted molar refractivity (Wildman–Crippen MR) is 60.1 cm³/mol. The van der Waals surface area contributed by atoms with Crippen LogP contribution in [0.1, 0.15) is 5.56 Å². The number of alkyl halides is 3. The number of carbonyl (C=O) groups excluding carboxylic acids is 1. The number of anilines is 1. The van der Waals surface area contributed by atoms with E-state index < -0.39 is 23.5 Å². The van der Waals surface area contributed by atoms with Gasteiger partial charge in [0.2, 0.25) is 0 Å². The smallest absolute Gasteiger partial charge is 0.441 e. The number of hydrogen-bond acceptors (Lipinski definition) is 3. The van der Waals surface area contributed by atoms with Crippen molar-refractivity contribution in [3.8, 4) is 5.75 Å². The maximum absolute atomic E-state index is 13.0. The minimum Gasteiger partial charge on any atom is -0.495 e. The lowest BCUT2D eigenvalue weighted by molar-refractivity contribution is -0.275. The highest BCUT2D eigenvalue weighted by Gasteiger charge is 2.60. The Balaban J connectivity index is 2.77. The van der Waals surface area contributed by atoms with Crippen molar-refractivity contribution in [3.63, 3.8) is 0 Å². The van der Waals surface area contributed by atoms with Gasteiger partial charge in [-0.1, -0.05) is 11.6 Å². The molecule has 19 heavy (non-hydrogen) atoms. The Hall–Kier alpha value is -1.67. The number of benzene rings is 1. The van der Waals surface area contributed by atoms with E-state index in [1.54, 1.807) is 0 Å². The summed E-state index contributed by atoms with van der Waals surface area (Å²) in [7, 11) is 1.11. The number of amides is 2. The van der Waals surface area contributed by atoms with Gasteiger partial charge < -0.3 is 15.2 Å². The first-order chi connectivity index (χ1) is 8.70. The maximum atomic E-state index is 13.0. The van der Waals surface area contributed by atoms with Crippen molar-refractivity contribution in [2.75, 3.05) is 12.4 Å². The molecule has 1 unspecified atom stereocenters. The van der Waals surface area contributed by atoms with E-state index in [1.807, 2.05) is 0 Å². The highest BCUT2D eigenvalue weighted by Crippen LogP contribution is 2.48. The fraction of sp³-hybridized carbons (Fsp3) is 0.300. The van der Waals surface area contributed by atoms with Crippen LogP contribution in [0.25, 0.3) is 0 Å². The van der Waals surface area contributed by atoms with E-state index >= 15 is 0 Å². The number of halogens is 4. The summed E-state index contributed by atoms with van der Waals surface area (Å²) in [6.07, 6.45) is -5.14. The van der Waals surface area contributed by atoms with Crippen LogP contribution in [-0.2, 0) is 5.72 Å². The average molecular weight is 297 g/mol. The van der Waals surface area contributed by atoms with Crippen LogP contribution in [0.3, 0.4) is 0 Å². The molecule has 0 radical (unpaired) electrons. The van der Waals surface area contributed by atoms with Gasteiger partial charge in [-0.25, -0.2) is 4.79 Å². The summed E-state index contributed by atoms with van der Waals surface area (Å²) in [4.78, 5) is 11.2. The number of rotatable bonds is 1. The Bertz CT molecular complexity index is 550. The van der Waals surface area contributed by atoms with Gasteiger partial charge in [0.25, 0.3) is 5.72 Å². The Morgan fingerprint density at radius 3 is 2.58 bits per heavy atom. The molecule has 0 aliphatic carbocycles. The molecular weight excluding hydrogens is 289 g/mol. The minimum absolute atomic E-state index is 0.123. The van der Waals surface area contributed by atoms with Crippen LogP contribution in [0.4, 0.5) is 23.7 Å². The third-order valence-electron chi connectivity index (χ3n) is 2.63. The first kappa shape index (κ1) is 13.8. The second-order valence-electron chi connectivity index (χ2n) is 3.79. The fourth-order valence-corrected chi connectivity index (χ4v) is 2.05. The van der Waals surface area contributed by atoms with Gasteiger partial charge >= 0.3 is 12.2 Å². The highest BCUT2D eigenvalue weighted by atomic mass is 35.5. The lowest BCUT2D eigenvalue weighted by Gasteiger charge is -2.37. The van der Waals surface area contributed by atoms with Crippen molar-refractivity contribution in [2.45, 2.75) is 11.9 Å². The fourth-order valence-electron chi connectivity index (χ4n) is 1.81. The number of methoxy groups -OCH3 is 1. The lowest BCUT2D eigenvalue weighted by atomic mass is 9.96. The molecule has 0 spiro atoms. The zero-order valence-corrected chi connectivity index (χ0v) is 10.2. The number of urea groups is 1. The molecule has 1 atom stereocenters. The molecular formula is C10H8ClF3N2O3. The molecule has 3 N–H and O–H groups in total. The Labute approximate surface area is 110 Å². The van der Waals surface area contributed by atoms with Crippen molar-refractivity contribution >= 4 is 23.3 Å². The van der Waals surface area contributed by atoms with E-state index in [0.717, 1.165) is 13.2 Å². The Morgan fingerprint density at radius 1 is 1.42 bits per heavy atom. The van der Waals surface area contributed by atoms with Gasteiger partial charge in [-0.05, 0) is 12.1 Å². The highest BCUT2D eigenvalue weighted by molar-refractivity contribution is 6.32. The number of carbonyl (C=O) groups is 1. The average Bonchev–Trinajstić information content (AvgIpc) is 2.28. The molecule has 1 heterocycles. The molecule has 0 bridgehead atoms. The summed E-state index contributed by atoms with van der Waals surface area (Å²) >= 11 is 5.73. The molecule has 1 aromatic rings. The van der Waals surface area contributed by atoms with Crippen molar-refractivity contribution < 1.29 is 27.8 Å². The van der Waals surface area contributed by atoms with Crippen molar-refractivity contribution in [2.24, 2.45) is 0 Å². The number of nitrogens with one attached hydrogen (secondary N) is 2. The number of fused-ring (bicyclic) bond motifs is 1. The van der Waals surface area contributed by atoms with Crippen LogP contribution in [0.15, 0.2) is 12.1 Å². The standard InChI is InChI=1S/C10H8ClF3N2O3/c1-19-7-4(11)2-3-5-6(7)9(18,10(12,13)14)16-8(17)15-5/h2-3,18H,1H3,(H2,15,16,17). The summed E-state index contributed by atoms with van der Waals surface area (Å²) in [5.74, 6) is -0.369. The SMILES string of the molecule is COc1c(Cl)ccc2c1C(O)(C(F)(F)F)NC(=O)N2. The number of aliphatic hydroxyl groups is 1. The van der Waals surface area contributed by atoms with Gasteiger partial charge in [0.05, 0.1) is 23.4 Å². The molecule has 0 aromatic heterocycles. The van der Waals surface area contributed by atoms with Crippen LogP contribution in [0.5, 0.6) is 5.75 Å². The third-order valence-corrected chi connectivity index (χ3v) is 2.93. The van der Waals surface area contributed by atoms with Crippen LogP contribution >= 0.6 is 11.6 Å². The summed E-state index contributed by atoms with van der Waals surface area (Å²) in [6.45, 7) is 0. The van der Waals surface area contributed by atoms with Crippen LogP contribution in [0.2, 0.25) is 5.02 Å². The first-order valence-corrected chi connectivity index (χ1v) is 5.33. The molecule has 5 nitrogen and oxygen atoms in total. The minimum atomic E-state index is -5.14. The third kappa shape index (κ3) is 1.96. The molecule has 1 aliphatic heterocycles. The molecule has 9 heteroatoms. The van der Waals surface area contributed by atoms with E-state index in [-0.39, 0.29) is 16.5 Å². The van der Waals surface area contributed by atoms with Crippen LogP contribution in [-0.4, -0.2) is 24.4 Å². The van der Waals surface area contributed by atoms with Crippen LogP contribution in [0, 0.1) is 0 Å². The van der Waals surface area contributed by atoms with Gasteiger partial charge in [0.15, 0.2) is 0 Å². The Kier molecular flexibility index (Phi) is 3.02. The topological polar surface area (TPSA) is 70.6 Å². The Morgan fingerprint density at radius 2 is 2.05 bits per heavy atom. The van der Waals surface area contributed by atoms with E-state index in [9.17, 15) is 23.1 Å². The summed E-state index contributed by atoms with van der Waals surface area (Å²) in [5, 5.41) is 13.3. The molecule has 2 amide bonds. The van der Waals surface area contributed by atoms with Crippen molar-refractivity contribution in [1.29, 1.82) is 0 Å². The molecule has 0 fully saturated rings. The molecule has 1 aromatic carbocycles.